The van der Waals surface area contributed by atoms with E-state index in [2.05, 4.69) is 44.1 Å². The lowest BCUT2D eigenvalue weighted by Crippen LogP contribution is -2.32. The number of aliphatic hydroxyl groups is 1. The molecule has 6 aromatic rings. The van der Waals surface area contributed by atoms with E-state index in [4.69, 9.17) is 9.47 Å². The fraction of sp³-hybridized carbons (Fsp3) is 0.184. The molecule has 0 radical (unpaired) electrons. The largest absolute Gasteiger partial charge is 0.392 e. The third-order valence-electron chi connectivity index (χ3n) is 8.42. The van der Waals surface area contributed by atoms with Crippen LogP contribution in [-0.4, -0.2) is 31.7 Å². The van der Waals surface area contributed by atoms with E-state index in [1.54, 1.807) is 24.5 Å². The first-order valence-electron chi connectivity index (χ1n) is 15.4. The number of pyridine rings is 1. The van der Waals surface area contributed by atoms with E-state index in [0.717, 1.165) is 44.4 Å². The van der Waals surface area contributed by atoms with Crippen LogP contribution in [-0.2, 0) is 29.2 Å². The molecule has 1 aliphatic rings. The van der Waals surface area contributed by atoms with Crippen molar-refractivity contribution >= 4 is 16.9 Å². The molecule has 1 fully saturated rings. The second-order valence-electron chi connectivity index (χ2n) is 11.4. The minimum absolute atomic E-state index is 0.000221. The number of benzene rings is 4. The lowest BCUT2D eigenvalue weighted by atomic mass is 9.97. The number of nitrogens with zero attached hydrogens (tertiary/aromatic N) is 3. The van der Waals surface area contributed by atoms with Crippen LogP contribution < -0.4 is 5.32 Å². The van der Waals surface area contributed by atoms with Crippen molar-refractivity contribution in [2.75, 3.05) is 0 Å². The van der Waals surface area contributed by atoms with Crippen molar-refractivity contribution in [1.82, 2.24) is 19.9 Å². The molecule has 0 unspecified atom stereocenters. The molecule has 8 nitrogen and oxygen atoms in total. The molecule has 0 aliphatic carbocycles. The summed E-state index contributed by atoms with van der Waals surface area (Å²) in [6.07, 6.45) is 4.88. The smallest absolute Gasteiger partial charge is 0.253 e. The highest BCUT2D eigenvalue weighted by Gasteiger charge is 2.32. The number of aromatic nitrogens is 3. The molecule has 7 rings (SSSR count). The average molecular weight is 611 g/mol. The molecule has 3 atom stereocenters. The zero-order valence-corrected chi connectivity index (χ0v) is 25.2. The maximum atomic E-state index is 12.6. The fourth-order valence-electron chi connectivity index (χ4n) is 5.96. The van der Waals surface area contributed by atoms with Gasteiger partial charge >= 0.3 is 0 Å². The lowest BCUT2D eigenvalue weighted by Gasteiger charge is -2.36. The van der Waals surface area contributed by atoms with Crippen LogP contribution in [0.4, 0.5) is 0 Å². The number of ether oxygens (including phenoxy) is 2. The first kappa shape index (κ1) is 29.6. The van der Waals surface area contributed by atoms with Crippen molar-refractivity contribution in [2.45, 2.75) is 44.6 Å². The molecule has 1 aliphatic heterocycles. The number of nitrogens with one attached hydrogen (secondary N) is 1. The molecule has 4 aromatic carbocycles. The highest BCUT2D eigenvalue weighted by molar-refractivity contribution is 5.93. The minimum Gasteiger partial charge on any atom is -0.392 e. The number of hydrogen-bond donors (Lipinski definition) is 2. The van der Waals surface area contributed by atoms with Crippen LogP contribution in [0.15, 0.2) is 128 Å². The van der Waals surface area contributed by atoms with Gasteiger partial charge in [0, 0.05) is 30.9 Å². The van der Waals surface area contributed by atoms with Crippen molar-refractivity contribution in [3.05, 3.63) is 156 Å². The Morgan fingerprint density at radius 2 is 1.65 bits per heavy atom. The van der Waals surface area contributed by atoms with E-state index in [9.17, 15) is 9.90 Å². The summed E-state index contributed by atoms with van der Waals surface area (Å²) in [5.41, 5.74) is 8.46. The van der Waals surface area contributed by atoms with Crippen LogP contribution in [0.5, 0.6) is 0 Å². The number of fused-ring (bicyclic) bond motifs is 1. The second-order valence-corrected chi connectivity index (χ2v) is 11.4. The van der Waals surface area contributed by atoms with Gasteiger partial charge in [0.2, 0.25) is 0 Å². The van der Waals surface area contributed by atoms with Crippen LogP contribution in [0, 0.1) is 0 Å². The van der Waals surface area contributed by atoms with Gasteiger partial charge in [0.1, 0.15) is 0 Å². The molecule has 3 heterocycles. The Hall–Kier alpha value is -5.15. The topological polar surface area (TPSA) is 98.5 Å². The highest BCUT2D eigenvalue weighted by atomic mass is 16.7. The number of imidazole rings is 1. The van der Waals surface area contributed by atoms with E-state index >= 15 is 0 Å². The third kappa shape index (κ3) is 6.46. The summed E-state index contributed by atoms with van der Waals surface area (Å²) in [5.74, 6) is -0.163. The van der Waals surface area contributed by atoms with Gasteiger partial charge in [-0.05, 0) is 52.1 Å². The molecule has 1 saturated heterocycles. The van der Waals surface area contributed by atoms with Crippen LogP contribution in [0.3, 0.4) is 0 Å². The van der Waals surface area contributed by atoms with Crippen molar-refractivity contribution in [2.24, 2.45) is 0 Å². The molecule has 2 aromatic heterocycles. The Morgan fingerprint density at radius 1 is 0.870 bits per heavy atom. The monoisotopic (exact) mass is 610 g/mol. The molecule has 1 amide bonds. The van der Waals surface area contributed by atoms with Gasteiger partial charge in [-0.2, -0.15) is 0 Å². The molecule has 0 saturated carbocycles. The standard InChI is InChI=1S/C38H34N4O4/c43-24-26-11-13-28(14-12-26)36-20-32(23-42-25-41-34-9-3-4-10-35(34)42)45-38(46-36)29-17-15-27(16-18-29)33-8-2-1-6-30(33)22-40-37(44)31-7-5-19-39-21-31/h1-19,21,25,32,36,38,43H,20,22-24H2,(H,40,44)/t32-,36+,38+/m1/s1. The number of aliphatic hydroxyl groups excluding tert-OH is 1. The first-order chi connectivity index (χ1) is 22.6. The van der Waals surface area contributed by atoms with Crippen molar-refractivity contribution in [3.63, 3.8) is 0 Å². The summed E-state index contributed by atoms with van der Waals surface area (Å²) >= 11 is 0. The van der Waals surface area contributed by atoms with Crippen molar-refractivity contribution < 1.29 is 19.4 Å². The van der Waals surface area contributed by atoms with Crippen LogP contribution in [0.25, 0.3) is 22.2 Å². The van der Waals surface area contributed by atoms with Gasteiger partial charge < -0.3 is 24.5 Å². The molecule has 46 heavy (non-hydrogen) atoms. The molecule has 230 valence electrons. The summed E-state index contributed by atoms with van der Waals surface area (Å²) in [6, 6.07) is 35.8. The first-order valence-corrected chi connectivity index (χ1v) is 15.4. The Labute approximate surface area is 267 Å². The minimum atomic E-state index is -0.570. The number of para-hydroxylation sites is 2. The highest BCUT2D eigenvalue weighted by Crippen LogP contribution is 2.39. The summed E-state index contributed by atoms with van der Waals surface area (Å²) < 4.78 is 15.3. The van der Waals surface area contributed by atoms with Crippen LogP contribution in [0.2, 0.25) is 0 Å². The molecule has 8 heteroatoms. The van der Waals surface area contributed by atoms with Gasteiger partial charge in [0.15, 0.2) is 6.29 Å². The maximum absolute atomic E-state index is 12.6. The van der Waals surface area contributed by atoms with E-state index in [0.29, 0.717) is 25.1 Å². The second kappa shape index (κ2) is 13.5. The summed E-state index contributed by atoms with van der Waals surface area (Å²) in [5, 5.41) is 12.6. The molecular weight excluding hydrogens is 576 g/mol. The number of hydrogen-bond acceptors (Lipinski definition) is 6. The number of amides is 1. The zero-order valence-electron chi connectivity index (χ0n) is 25.2. The van der Waals surface area contributed by atoms with Gasteiger partial charge in [-0.3, -0.25) is 9.78 Å². The summed E-state index contributed by atoms with van der Waals surface area (Å²) in [6.45, 7) is 1.03. The Kier molecular flexibility index (Phi) is 8.65. The lowest BCUT2D eigenvalue weighted by molar-refractivity contribution is -0.252. The van der Waals surface area contributed by atoms with Gasteiger partial charge in [-0.15, -0.1) is 0 Å². The van der Waals surface area contributed by atoms with Crippen LogP contribution >= 0.6 is 0 Å². The van der Waals surface area contributed by atoms with Crippen molar-refractivity contribution in [3.8, 4) is 11.1 Å². The number of rotatable bonds is 9. The maximum Gasteiger partial charge on any atom is 0.253 e. The summed E-state index contributed by atoms with van der Waals surface area (Å²) in [7, 11) is 0. The normalized spacial score (nSPS) is 18.0. The molecular formula is C38H34N4O4. The number of carbonyl (C=O) groups is 1. The van der Waals surface area contributed by atoms with Gasteiger partial charge in [-0.1, -0.05) is 84.9 Å². The quantitative estimate of drug-likeness (QED) is 0.188. The Balaban J connectivity index is 1.12. The molecule has 0 bridgehead atoms. The zero-order chi connectivity index (χ0) is 31.3. The van der Waals surface area contributed by atoms with Gasteiger partial charge in [0.25, 0.3) is 5.91 Å². The van der Waals surface area contributed by atoms with E-state index in [-0.39, 0.29) is 24.7 Å². The SMILES string of the molecule is O=C(NCc1ccccc1-c1ccc([C@H]2O[C@@H](Cn3cnc4ccccc43)C[C@@H](c3ccc(CO)cc3)O2)cc1)c1cccnc1. The number of carbonyl (C=O) groups excluding carboxylic acids is 1. The summed E-state index contributed by atoms with van der Waals surface area (Å²) in [4.78, 5) is 21.3. The van der Waals surface area contributed by atoms with E-state index < -0.39 is 6.29 Å². The van der Waals surface area contributed by atoms with Gasteiger partial charge in [0.05, 0.1) is 48.3 Å². The van der Waals surface area contributed by atoms with E-state index in [1.807, 2.05) is 79.1 Å². The molecule has 2 N–H and O–H groups in total. The Morgan fingerprint density at radius 3 is 2.46 bits per heavy atom. The van der Waals surface area contributed by atoms with Crippen LogP contribution in [0.1, 0.15) is 51.4 Å². The fourth-order valence-corrected chi connectivity index (χ4v) is 5.96. The van der Waals surface area contributed by atoms with Crippen molar-refractivity contribution in [1.29, 1.82) is 0 Å². The van der Waals surface area contributed by atoms with E-state index in [1.165, 1.54) is 0 Å². The molecule has 0 spiro atoms. The average Bonchev–Trinajstić information content (AvgIpc) is 3.53. The van der Waals surface area contributed by atoms with Gasteiger partial charge in [-0.25, -0.2) is 4.98 Å². The predicted molar refractivity (Wildman–Crippen MR) is 175 cm³/mol. The third-order valence-corrected chi connectivity index (χ3v) is 8.42. The Bertz CT molecular complexity index is 1920. The predicted octanol–water partition coefficient (Wildman–Crippen LogP) is 6.77.